The van der Waals surface area contributed by atoms with Crippen LogP contribution < -0.4 is 5.73 Å². The van der Waals surface area contributed by atoms with Gasteiger partial charge in [0, 0.05) is 10.4 Å². The molecule has 0 aliphatic heterocycles. The van der Waals surface area contributed by atoms with Crippen LogP contribution in [0.1, 0.15) is 33.6 Å². The number of nitrogens with two attached hydrogens (primary N) is 1. The number of carbonyl (C=O) groups is 5. The number of hydrogen-bond donors (Lipinski definition) is 1. The minimum absolute atomic E-state index is 0.000671. The summed E-state index contributed by atoms with van der Waals surface area (Å²) in [5, 5.41) is -0.0894. The molecule has 0 fully saturated rings. The predicted octanol–water partition coefficient (Wildman–Crippen LogP) is 0.666. The van der Waals surface area contributed by atoms with Gasteiger partial charge in [-0.25, -0.2) is 14.4 Å². The van der Waals surface area contributed by atoms with Crippen LogP contribution in [0.2, 0.25) is 0 Å². The van der Waals surface area contributed by atoms with Crippen LogP contribution in [0.15, 0.2) is 5.57 Å². The van der Waals surface area contributed by atoms with Gasteiger partial charge in [-0.2, -0.15) is 0 Å². The molecule has 1 aromatic rings. The monoisotopic (exact) mass is 455 g/mol. The Kier molecular flexibility index (Phi) is 7.39. The van der Waals surface area contributed by atoms with Gasteiger partial charge in [-0.15, -0.1) is 11.3 Å². The fourth-order valence-electron chi connectivity index (χ4n) is 3.38. The Labute approximate surface area is 181 Å². The van der Waals surface area contributed by atoms with Crippen LogP contribution in [0.4, 0.5) is 5.00 Å². The van der Waals surface area contributed by atoms with E-state index in [1.807, 2.05) is 0 Å². The van der Waals surface area contributed by atoms with Gasteiger partial charge in [0.05, 0.1) is 51.8 Å². The molecule has 1 aliphatic carbocycles. The van der Waals surface area contributed by atoms with Crippen LogP contribution in [0.5, 0.6) is 0 Å². The van der Waals surface area contributed by atoms with E-state index in [1.165, 1.54) is 0 Å². The minimum atomic E-state index is -1.67. The Hall–Kier alpha value is -3.41. The lowest BCUT2D eigenvalue weighted by atomic mass is 9.72. The van der Waals surface area contributed by atoms with Crippen molar-refractivity contribution in [2.45, 2.75) is 12.8 Å². The number of anilines is 1. The van der Waals surface area contributed by atoms with Crippen molar-refractivity contribution in [3.8, 4) is 0 Å². The summed E-state index contributed by atoms with van der Waals surface area (Å²) in [4.78, 5) is 63.5. The summed E-state index contributed by atoms with van der Waals surface area (Å²) in [5.74, 6) is -8.17. The van der Waals surface area contributed by atoms with Crippen LogP contribution in [-0.4, -0.2) is 64.9 Å². The Bertz CT molecular complexity index is 977. The van der Waals surface area contributed by atoms with Crippen molar-refractivity contribution in [2.24, 2.45) is 5.92 Å². The van der Waals surface area contributed by atoms with Crippen LogP contribution in [0.25, 0.3) is 5.57 Å². The van der Waals surface area contributed by atoms with E-state index in [0.29, 0.717) is 0 Å². The summed E-state index contributed by atoms with van der Waals surface area (Å²) >= 11 is 0.758. The second-order valence-corrected chi connectivity index (χ2v) is 7.13. The van der Waals surface area contributed by atoms with Crippen molar-refractivity contribution in [3.63, 3.8) is 0 Å². The number of carbonyl (C=O) groups excluding carboxylic acids is 5. The molecule has 0 aromatic carbocycles. The van der Waals surface area contributed by atoms with Crippen molar-refractivity contribution < 1.29 is 47.7 Å². The SMILES string of the molecule is CCOC(=O)c1c(N)sc2c1C(C(=O)OC)C(C(=O)OC)C(C(=O)OC)=C2C(=O)OC. The molecule has 31 heavy (non-hydrogen) atoms. The summed E-state index contributed by atoms with van der Waals surface area (Å²) in [5.41, 5.74) is 4.89. The predicted molar refractivity (Wildman–Crippen MR) is 106 cm³/mol. The summed E-state index contributed by atoms with van der Waals surface area (Å²) < 4.78 is 24.2. The summed E-state index contributed by atoms with van der Waals surface area (Å²) in [6.07, 6.45) is 0. The maximum absolute atomic E-state index is 12.8. The highest BCUT2D eigenvalue weighted by atomic mass is 32.1. The first-order chi connectivity index (χ1) is 14.7. The lowest BCUT2D eigenvalue weighted by molar-refractivity contribution is -0.154. The molecule has 2 N–H and O–H groups in total. The van der Waals surface area contributed by atoms with Crippen molar-refractivity contribution in [2.75, 3.05) is 40.8 Å². The zero-order valence-electron chi connectivity index (χ0n) is 17.4. The number of ether oxygens (including phenoxy) is 5. The molecule has 0 saturated carbocycles. The number of hydrogen-bond acceptors (Lipinski definition) is 12. The van der Waals surface area contributed by atoms with Crippen LogP contribution in [0.3, 0.4) is 0 Å². The molecule has 2 unspecified atom stereocenters. The van der Waals surface area contributed by atoms with Crippen molar-refractivity contribution in [3.05, 3.63) is 21.6 Å². The molecular weight excluding hydrogens is 434 g/mol. The normalized spacial score (nSPS) is 17.3. The molecule has 1 heterocycles. The maximum atomic E-state index is 12.8. The summed E-state index contributed by atoms with van der Waals surface area (Å²) in [6.45, 7) is 1.57. The molecule has 1 aromatic heterocycles. The van der Waals surface area contributed by atoms with Crippen LogP contribution in [0, 0.1) is 5.92 Å². The van der Waals surface area contributed by atoms with E-state index >= 15 is 0 Å². The van der Waals surface area contributed by atoms with E-state index in [4.69, 9.17) is 29.4 Å². The first-order valence-corrected chi connectivity index (χ1v) is 9.67. The lowest BCUT2D eigenvalue weighted by Crippen LogP contribution is -2.39. The van der Waals surface area contributed by atoms with E-state index in [2.05, 4.69) is 0 Å². The van der Waals surface area contributed by atoms with E-state index in [0.717, 1.165) is 39.8 Å². The van der Waals surface area contributed by atoms with Crippen LogP contribution in [-0.2, 0) is 42.9 Å². The first kappa shape index (κ1) is 23.9. The maximum Gasteiger partial charge on any atom is 0.341 e. The van der Waals surface area contributed by atoms with E-state index < -0.39 is 47.3 Å². The zero-order valence-corrected chi connectivity index (χ0v) is 18.2. The molecule has 0 spiro atoms. The Balaban J connectivity index is 3.07. The summed E-state index contributed by atoms with van der Waals surface area (Å²) in [6, 6.07) is 0. The Morgan fingerprint density at radius 1 is 0.839 bits per heavy atom. The number of esters is 5. The molecule has 2 atom stereocenters. The third kappa shape index (κ3) is 3.98. The third-order valence-corrected chi connectivity index (χ3v) is 5.66. The fraction of sp³-hybridized carbons (Fsp3) is 0.421. The third-order valence-electron chi connectivity index (χ3n) is 4.61. The molecule has 0 radical (unpaired) electrons. The van der Waals surface area contributed by atoms with Gasteiger partial charge in [0.25, 0.3) is 0 Å². The largest absolute Gasteiger partial charge is 0.469 e. The van der Waals surface area contributed by atoms with Gasteiger partial charge in [0.1, 0.15) is 16.8 Å². The highest BCUT2D eigenvalue weighted by molar-refractivity contribution is 7.18. The standard InChI is InChI=1S/C19H21NO10S/c1-6-30-19(25)12-7-8(15(21)26-2)9(16(22)27-3)10(17(23)28-4)11(18(24)29-5)13(7)31-14(12)20/h8-9H,6,20H2,1-5H3. The highest BCUT2D eigenvalue weighted by Crippen LogP contribution is 2.51. The molecule has 1 aliphatic rings. The quantitative estimate of drug-likeness (QED) is 0.474. The second kappa shape index (κ2) is 9.60. The van der Waals surface area contributed by atoms with Gasteiger partial charge in [-0.3, -0.25) is 9.59 Å². The average molecular weight is 455 g/mol. The average Bonchev–Trinajstić information content (AvgIpc) is 3.11. The number of nitrogen functional groups attached to an aromatic ring is 1. The molecule has 168 valence electrons. The smallest absolute Gasteiger partial charge is 0.341 e. The van der Waals surface area contributed by atoms with Crippen molar-refractivity contribution in [1.82, 2.24) is 0 Å². The molecule has 2 rings (SSSR count). The molecule has 0 amide bonds. The Morgan fingerprint density at radius 3 is 1.87 bits per heavy atom. The molecular formula is C19H21NO10S. The number of methoxy groups -OCH3 is 4. The van der Waals surface area contributed by atoms with Gasteiger partial charge in [0.15, 0.2) is 0 Å². The summed E-state index contributed by atoms with van der Waals surface area (Å²) in [7, 11) is 4.20. The van der Waals surface area contributed by atoms with Gasteiger partial charge < -0.3 is 29.4 Å². The lowest BCUT2D eigenvalue weighted by Gasteiger charge is -2.31. The van der Waals surface area contributed by atoms with E-state index in [-0.39, 0.29) is 33.2 Å². The molecule has 0 saturated heterocycles. The van der Waals surface area contributed by atoms with Crippen LogP contribution >= 0.6 is 11.3 Å². The van der Waals surface area contributed by atoms with Gasteiger partial charge in [-0.1, -0.05) is 0 Å². The van der Waals surface area contributed by atoms with E-state index in [9.17, 15) is 24.0 Å². The van der Waals surface area contributed by atoms with Gasteiger partial charge in [-0.05, 0) is 6.92 Å². The molecule has 0 bridgehead atoms. The highest BCUT2D eigenvalue weighted by Gasteiger charge is 2.52. The van der Waals surface area contributed by atoms with Gasteiger partial charge >= 0.3 is 29.8 Å². The van der Waals surface area contributed by atoms with Crippen molar-refractivity contribution >= 4 is 51.8 Å². The molecule has 12 heteroatoms. The second-order valence-electron chi connectivity index (χ2n) is 6.08. The molecule has 11 nitrogen and oxygen atoms in total. The zero-order chi connectivity index (χ0) is 23.5. The number of rotatable bonds is 6. The first-order valence-electron chi connectivity index (χ1n) is 8.85. The minimum Gasteiger partial charge on any atom is -0.469 e. The van der Waals surface area contributed by atoms with Gasteiger partial charge in [0.2, 0.25) is 0 Å². The fourth-order valence-corrected chi connectivity index (χ4v) is 4.52. The number of thiophene rings is 1. The van der Waals surface area contributed by atoms with Crippen molar-refractivity contribution in [1.29, 1.82) is 0 Å². The number of fused-ring (bicyclic) bond motifs is 1. The van der Waals surface area contributed by atoms with E-state index in [1.54, 1.807) is 6.92 Å². The Morgan fingerprint density at radius 2 is 1.39 bits per heavy atom. The topological polar surface area (TPSA) is 158 Å².